The Hall–Kier alpha value is -2.83. The number of benzene rings is 1. The second-order valence-electron chi connectivity index (χ2n) is 8.24. The van der Waals surface area contributed by atoms with Gasteiger partial charge in [0.1, 0.15) is 6.61 Å². The van der Waals surface area contributed by atoms with Crippen LogP contribution in [0.5, 0.6) is 0 Å². The molecular formula is C23H30N2O5. The smallest absolute Gasteiger partial charge is 0.341 e. The highest BCUT2D eigenvalue weighted by Gasteiger charge is 2.32. The van der Waals surface area contributed by atoms with Gasteiger partial charge in [-0.05, 0) is 61.6 Å². The van der Waals surface area contributed by atoms with E-state index in [9.17, 15) is 19.5 Å². The van der Waals surface area contributed by atoms with Crippen LogP contribution in [0.25, 0.3) is 0 Å². The SMILES string of the molecule is CCc1c(C)c2c(c(NC(=O)N(C)C)c1C/C=C1\CCCC1CC(=O)O)C(=O)OC2. The summed E-state index contributed by atoms with van der Waals surface area (Å²) in [5, 5.41) is 12.1. The maximum absolute atomic E-state index is 12.5. The lowest BCUT2D eigenvalue weighted by Gasteiger charge is -2.22. The van der Waals surface area contributed by atoms with Crippen LogP contribution in [0.3, 0.4) is 0 Å². The van der Waals surface area contributed by atoms with Crippen molar-refractivity contribution in [2.75, 3.05) is 19.4 Å². The molecule has 30 heavy (non-hydrogen) atoms. The number of esters is 1. The molecule has 7 nitrogen and oxygen atoms in total. The molecule has 1 aromatic carbocycles. The van der Waals surface area contributed by atoms with Gasteiger partial charge in [-0.3, -0.25) is 4.79 Å². The molecule has 7 heteroatoms. The average Bonchev–Trinajstić information content (AvgIpc) is 3.28. The zero-order valence-corrected chi connectivity index (χ0v) is 18.1. The van der Waals surface area contributed by atoms with Gasteiger partial charge < -0.3 is 20.1 Å². The number of carboxylic acid groups (broad SMARTS) is 1. The van der Waals surface area contributed by atoms with Gasteiger partial charge >= 0.3 is 18.0 Å². The summed E-state index contributed by atoms with van der Waals surface area (Å²) in [6.07, 6.45) is 6.32. The minimum absolute atomic E-state index is 0.0629. The molecule has 3 rings (SSSR count). The number of cyclic esters (lactones) is 1. The summed E-state index contributed by atoms with van der Waals surface area (Å²) in [7, 11) is 3.30. The highest BCUT2D eigenvalue weighted by molar-refractivity contribution is 6.05. The maximum atomic E-state index is 12.5. The molecule has 2 N–H and O–H groups in total. The van der Waals surface area contributed by atoms with Gasteiger partial charge in [0.15, 0.2) is 0 Å². The highest BCUT2D eigenvalue weighted by Crippen LogP contribution is 2.39. The van der Waals surface area contributed by atoms with E-state index in [4.69, 9.17) is 4.74 Å². The van der Waals surface area contributed by atoms with E-state index in [0.717, 1.165) is 53.5 Å². The minimum Gasteiger partial charge on any atom is -0.481 e. The van der Waals surface area contributed by atoms with Crippen LogP contribution >= 0.6 is 0 Å². The van der Waals surface area contributed by atoms with Crippen LogP contribution in [-0.2, 0) is 29.0 Å². The van der Waals surface area contributed by atoms with Crippen molar-refractivity contribution in [1.29, 1.82) is 0 Å². The molecule has 1 aliphatic carbocycles. The predicted octanol–water partition coefficient (Wildman–Crippen LogP) is 4.07. The van der Waals surface area contributed by atoms with E-state index in [1.54, 1.807) is 14.1 Å². The summed E-state index contributed by atoms with van der Waals surface area (Å²) in [4.78, 5) is 37.6. The van der Waals surface area contributed by atoms with Crippen molar-refractivity contribution in [3.8, 4) is 0 Å². The minimum atomic E-state index is -0.780. The lowest BCUT2D eigenvalue weighted by molar-refractivity contribution is -0.137. The van der Waals surface area contributed by atoms with Crippen molar-refractivity contribution < 1.29 is 24.2 Å². The number of hydrogen-bond acceptors (Lipinski definition) is 4. The molecule has 1 aliphatic heterocycles. The molecule has 1 fully saturated rings. The molecular weight excluding hydrogens is 384 g/mol. The maximum Gasteiger partial charge on any atom is 0.341 e. The summed E-state index contributed by atoms with van der Waals surface area (Å²) >= 11 is 0. The lowest BCUT2D eigenvalue weighted by Crippen LogP contribution is -2.29. The predicted molar refractivity (Wildman–Crippen MR) is 114 cm³/mol. The van der Waals surface area contributed by atoms with Gasteiger partial charge in [-0.1, -0.05) is 18.6 Å². The first-order chi connectivity index (χ1) is 14.2. The number of nitrogens with zero attached hydrogens (tertiary/aromatic N) is 1. The van der Waals surface area contributed by atoms with Crippen LogP contribution in [0.1, 0.15) is 65.2 Å². The van der Waals surface area contributed by atoms with E-state index in [1.165, 1.54) is 4.90 Å². The number of aliphatic carboxylic acids is 1. The van der Waals surface area contributed by atoms with Gasteiger partial charge in [-0.15, -0.1) is 0 Å². The number of rotatable bonds is 6. The van der Waals surface area contributed by atoms with Crippen molar-refractivity contribution in [3.63, 3.8) is 0 Å². The van der Waals surface area contributed by atoms with Crippen molar-refractivity contribution in [2.45, 2.75) is 59.0 Å². The fourth-order valence-corrected chi connectivity index (χ4v) is 4.61. The molecule has 2 amide bonds. The molecule has 2 aliphatic rings. The van der Waals surface area contributed by atoms with Crippen LogP contribution in [0.2, 0.25) is 0 Å². The number of anilines is 1. The Kier molecular flexibility index (Phi) is 6.48. The van der Waals surface area contributed by atoms with Crippen LogP contribution in [0.15, 0.2) is 11.6 Å². The number of hydrogen-bond donors (Lipinski definition) is 2. The van der Waals surface area contributed by atoms with Crippen LogP contribution in [0, 0.1) is 12.8 Å². The van der Waals surface area contributed by atoms with Gasteiger partial charge in [-0.2, -0.15) is 0 Å². The topological polar surface area (TPSA) is 95.9 Å². The van der Waals surface area contributed by atoms with Crippen molar-refractivity contribution in [3.05, 3.63) is 39.5 Å². The largest absolute Gasteiger partial charge is 0.481 e. The summed E-state index contributed by atoms with van der Waals surface area (Å²) in [6.45, 7) is 4.28. The van der Waals surface area contributed by atoms with Gasteiger partial charge in [0.2, 0.25) is 0 Å². The normalized spacial score (nSPS) is 19.0. The molecule has 0 radical (unpaired) electrons. The number of urea groups is 1. The number of carboxylic acids is 1. The molecule has 1 atom stereocenters. The Labute approximate surface area is 177 Å². The lowest BCUT2D eigenvalue weighted by atomic mass is 9.87. The van der Waals surface area contributed by atoms with Gasteiger partial charge in [0.25, 0.3) is 0 Å². The first-order valence-electron chi connectivity index (χ1n) is 10.5. The van der Waals surface area contributed by atoms with Crippen molar-refractivity contribution >= 4 is 23.7 Å². The van der Waals surface area contributed by atoms with Crippen molar-refractivity contribution in [2.24, 2.45) is 5.92 Å². The summed E-state index contributed by atoms with van der Waals surface area (Å²) in [6, 6.07) is -0.304. The molecule has 0 bridgehead atoms. The summed E-state index contributed by atoms with van der Waals surface area (Å²) < 4.78 is 5.30. The van der Waals surface area contributed by atoms with E-state index in [-0.39, 0.29) is 25.0 Å². The van der Waals surface area contributed by atoms with E-state index >= 15 is 0 Å². The third kappa shape index (κ3) is 4.20. The zero-order chi connectivity index (χ0) is 22.0. The molecule has 0 saturated heterocycles. The van der Waals surface area contributed by atoms with Gasteiger partial charge in [0.05, 0.1) is 17.7 Å². The van der Waals surface area contributed by atoms with Crippen LogP contribution in [-0.4, -0.2) is 42.1 Å². The molecule has 0 aromatic heterocycles. The summed E-state index contributed by atoms with van der Waals surface area (Å²) in [5.41, 5.74) is 6.02. The monoisotopic (exact) mass is 414 g/mol. The quantitative estimate of drug-likeness (QED) is 0.540. The molecule has 162 valence electrons. The first-order valence-corrected chi connectivity index (χ1v) is 10.5. The van der Waals surface area contributed by atoms with Crippen molar-refractivity contribution in [1.82, 2.24) is 4.90 Å². The van der Waals surface area contributed by atoms with E-state index in [1.807, 2.05) is 6.92 Å². The number of allylic oxidation sites excluding steroid dienone is 2. The molecule has 0 spiro atoms. The number of carbonyl (C=O) groups excluding carboxylic acids is 2. The van der Waals surface area contributed by atoms with Gasteiger partial charge in [-0.25, -0.2) is 9.59 Å². The fourth-order valence-electron chi connectivity index (χ4n) is 4.61. The van der Waals surface area contributed by atoms with Crippen LogP contribution in [0.4, 0.5) is 10.5 Å². The second kappa shape index (κ2) is 8.90. The first kappa shape index (κ1) is 21.9. The average molecular weight is 415 g/mol. The number of amides is 2. The molecule has 1 unspecified atom stereocenters. The number of fused-ring (bicyclic) bond motifs is 1. The van der Waals surface area contributed by atoms with E-state index in [2.05, 4.69) is 18.3 Å². The molecule has 1 saturated carbocycles. The zero-order valence-electron chi connectivity index (χ0n) is 18.1. The van der Waals surface area contributed by atoms with E-state index in [0.29, 0.717) is 17.7 Å². The number of carbonyl (C=O) groups is 3. The third-order valence-electron chi connectivity index (χ3n) is 6.20. The Bertz CT molecular complexity index is 917. The highest BCUT2D eigenvalue weighted by atomic mass is 16.5. The fraction of sp³-hybridized carbons (Fsp3) is 0.522. The second-order valence-corrected chi connectivity index (χ2v) is 8.24. The molecule has 1 aromatic rings. The van der Waals surface area contributed by atoms with E-state index < -0.39 is 11.9 Å². The van der Waals surface area contributed by atoms with Crippen LogP contribution < -0.4 is 5.32 Å². The number of nitrogens with one attached hydrogen (secondary N) is 1. The Balaban J connectivity index is 2.08. The number of ether oxygens (including phenoxy) is 1. The molecule has 1 heterocycles. The third-order valence-corrected chi connectivity index (χ3v) is 6.20. The standard InChI is InChI=1S/C23H30N2O5/c1-5-16-13(2)18-12-30-22(28)20(18)21(24-23(29)25(3)4)17(16)10-9-14-7-6-8-15(14)11-19(26)27/h9,15H,5-8,10-12H2,1-4H3,(H,24,29)(H,26,27)/b14-9+. The van der Waals surface area contributed by atoms with Gasteiger partial charge in [0, 0.05) is 19.7 Å². The Morgan fingerprint density at radius 1 is 1.30 bits per heavy atom. The Morgan fingerprint density at radius 3 is 2.67 bits per heavy atom. The summed E-state index contributed by atoms with van der Waals surface area (Å²) in [5.74, 6) is -1.13. The Morgan fingerprint density at radius 2 is 2.03 bits per heavy atom.